The highest BCUT2D eigenvalue weighted by molar-refractivity contribution is 5.78. The van der Waals surface area contributed by atoms with Crippen LogP contribution in [0.3, 0.4) is 0 Å². The third-order valence-corrected chi connectivity index (χ3v) is 6.52. The molecule has 1 spiro atoms. The molecule has 2 aromatic heterocycles. The monoisotopic (exact) mass is 398 g/mol. The van der Waals surface area contributed by atoms with Crippen LogP contribution < -0.4 is 0 Å². The molecule has 156 valence electrons. The highest BCUT2D eigenvalue weighted by Gasteiger charge is 2.41. The Labute approximate surface area is 171 Å². The lowest BCUT2D eigenvalue weighted by molar-refractivity contribution is -0.142. The standard InChI is InChI=1S/C21H30N6O2/c1-25-14-17(12-24-25)2-3-19(28)26-10-7-21(8-11-26)6-4-20(29)27(15-21)9-5-18-13-22-16-23-18/h12-14,16H,2-11,15H2,1H3,(H,22,23). The highest BCUT2D eigenvalue weighted by Crippen LogP contribution is 2.40. The van der Waals surface area contributed by atoms with Crippen molar-refractivity contribution in [3.8, 4) is 0 Å². The van der Waals surface area contributed by atoms with Gasteiger partial charge >= 0.3 is 0 Å². The number of hydrogen-bond acceptors (Lipinski definition) is 4. The fourth-order valence-corrected chi connectivity index (χ4v) is 4.63. The Hall–Kier alpha value is -2.64. The van der Waals surface area contributed by atoms with E-state index in [1.165, 1.54) is 0 Å². The van der Waals surface area contributed by atoms with Crippen molar-refractivity contribution >= 4 is 11.8 Å². The van der Waals surface area contributed by atoms with Crippen LogP contribution in [-0.2, 0) is 29.5 Å². The molecule has 29 heavy (non-hydrogen) atoms. The van der Waals surface area contributed by atoms with Crippen LogP contribution in [-0.4, -0.2) is 67.5 Å². The maximum absolute atomic E-state index is 12.6. The van der Waals surface area contributed by atoms with Crippen molar-refractivity contribution in [1.29, 1.82) is 0 Å². The number of nitrogens with zero attached hydrogens (tertiary/aromatic N) is 5. The molecule has 8 nitrogen and oxygen atoms in total. The van der Waals surface area contributed by atoms with Gasteiger partial charge in [-0.05, 0) is 36.7 Å². The van der Waals surface area contributed by atoms with Crippen molar-refractivity contribution in [2.24, 2.45) is 12.5 Å². The predicted octanol–water partition coefficient (Wildman–Crippen LogP) is 1.55. The molecule has 0 aliphatic carbocycles. The minimum absolute atomic E-state index is 0.169. The van der Waals surface area contributed by atoms with E-state index >= 15 is 0 Å². The van der Waals surface area contributed by atoms with Crippen molar-refractivity contribution in [3.63, 3.8) is 0 Å². The molecule has 4 rings (SSSR count). The summed E-state index contributed by atoms with van der Waals surface area (Å²) in [6, 6.07) is 0. The van der Waals surface area contributed by atoms with E-state index in [-0.39, 0.29) is 17.2 Å². The van der Waals surface area contributed by atoms with Gasteiger partial charge in [0.1, 0.15) is 0 Å². The number of likely N-dealkylation sites (tertiary alicyclic amines) is 2. The second kappa shape index (κ2) is 8.39. The number of aromatic nitrogens is 4. The number of amides is 2. The van der Waals surface area contributed by atoms with E-state index in [1.54, 1.807) is 11.0 Å². The van der Waals surface area contributed by atoms with Gasteiger partial charge in [-0.25, -0.2) is 4.98 Å². The molecule has 0 aromatic carbocycles. The van der Waals surface area contributed by atoms with Crippen LogP contribution in [0.2, 0.25) is 0 Å². The lowest BCUT2D eigenvalue weighted by Crippen LogP contribution is -2.52. The smallest absolute Gasteiger partial charge is 0.222 e. The number of piperidine rings is 2. The van der Waals surface area contributed by atoms with Crippen molar-refractivity contribution in [2.75, 3.05) is 26.2 Å². The fourth-order valence-electron chi connectivity index (χ4n) is 4.63. The van der Waals surface area contributed by atoms with Crippen LogP contribution in [0.5, 0.6) is 0 Å². The summed E-state index contributed by atoms with van der Waals surface area (Å²) in [6.45, 7) is 3.15. The predicted molar refractivity (Wildman–Crippen MR) is 108 cm³/mol. The topological polar surface area (TPSA) is 87.1 Å². The number of imidazole rings is 1. The fraction of sp³-hybridized carbons (Fsp3) is 0.619. The summed E-state index contributed by atoms with van der Waals surface area (Å²) in [4.78, 5) is 36.2. The molecule has 0 bridgehead atoms. The molecule has 2 fully saturated rings. The number of carbonyl (C=O) groups is 2. The average molecular weight is 399 g/mol. The maximum Gasteiger partial charge on any atom is 0.222 e. The van der Waals surface area contributed by atoms with Gasteiger partial charge in [0.25, 0.3) is 0 Å². The molecular weight excluding hydrogens is 368 g/mol. The molecule has 2 aliphatic heterocycles. The van der Waals surface area contributed by atoms with Crippen molar-refractivity contribution < 1.29 is 9.59 Å². The SMILES string of the molecule is Cn1cc(CCC(=O)N2CCC3(CCC(=O)N(CCc4cnc[nH]4)C3)CC2)cn1. The zero-order valence-electron chi connectivity index (χ0n) is 17.1. The Morgan fingerprint density at radius 1 is 1.21 bits per heavy atom. The first kappa shape index (κ1) is 19.7. The average Bonchev–Trinajstić information content (AvgIpc) is 3.39. The first-order valence-corrected chi connectivity index (χ1v) is 10.5. The number of hydrogen-bond donors (Lipinski definition) is 1. The highest BCUT2D eigenvalue weighted by atomic mass is 16.2. The second-order valence-corrected chi connectivity index (χ2v) is 8.55. The van der Waals surface area contributed by atoms with Gasteiger partial charge in [-0.1, -0.05) is 0 Å². The van der Waals surface area contributed by atoms with Crippen LogP contribution in [0.1, 0.15) is 43.4 Å². The maximum atomic E-state index is 12.6. The molecule has 0 atom stereocenters. The van der Waals surface area contributed by atoms with Gasteiger partial charge in [0, 0.05) is 70.6 Å². The molecule has 0 unspecified atom stereocenters. The number of nitrogens with one attached hydrogen (secondary N) is 1. The van der Waals surface area contributed by atoms with E-state index in [0.29, 0.717) is 12.8 Å². The van der Waals surface area contributed by atoms with Gasteiger partial charge in [0.15, 0.2) is 0 Å². The van der Waals surface area contributed by atoms with E-state index in [2.05, 4.69) is 15.1 Å². The van der Waals surface area contributed by atoms with Gasteiger partial charge in [-0.15, -0.1) is 0 Å². The largest absolute Gasteiger partial charge is 0.348 e. The van der Waals surface area contributed by atoms with Crippen LogP contribution in [0.25, 0.3) is 0 Å². The minimum atomic E-state index is 0.169. The van der Waals surface area contributed by atoms with E-state index in [4.69, 9.17) is 0 Å². The molecule has 8 heteroatoms. The third kappa shape index (κ3) is 4.68. The molecule has 4 heterocycles. The molecule has 1 N–H and O–H groups in total. The molecule has 0 radical (unpaired) electrons. The van der Waals surface area contributed by atoms with E-state index in [1.807, 2.05) is 35.4 Å². The number of aryl methyl sites for hydroxylation is 2. The summed E-state index contributed by atoms with van der Waals surface area (Å²) in [5.74, 6) is 0.483. The Bertz CT molecular complexity index is 835. The summed E-state index contributed by atoms with van der Waals surface area (Å²) in [6.07, 6.45) is 12.9. The molecule has 0 saturated carbocycles. The third-order valence-electron chi connectivity index (χ3n) is 6.52. The van der Waals surface area contributed by atoms with Gasteiger partial charge in [-0.3, -0.25) is 14.3 Å². The van der Waals surface area contributed by atoms with E-state index in [9.17, 15) is 9.59 Å². The molecule has 2 aromatic rings. The van der Waals surface area contributed by atoms with Crippen LogP contribution in [0, 0.1) is 5.41 Å². The Balaban J connectivity index is 1.27. The minimum Gasteiger partial charge on any atom is -0.348 e. The second-order valence-electron chi connectivity index (χ2n) is 8.55. The Morgan fingerprint density at radius 2 is 2.03 bits per heavy atom. The van der Waals surface area contributed by atoms with Crippen molar-refractivity contribution in [3.05, 3.63) is 36.2 Å². The van der Waals surface area contributed by atoms with Crippen LogP contribution >= 0.6 is 0 Å². The molecule has 2 saturated heterocycles. The van der Waals surface area contributed by atoms with Gasteiger partial charge in [-0.2, -0.15) is 5.10 Å². The normalized spacial score (nSPS) is 19.1. The lowest BCUT2D eigenvalue weighted by Gasteiger charge is -2.47. The number of rotatable bonds is 6. The van der Waals surface area contributed by atoms with Gasteiger partial charge in [0.05, 0.1) is 12.5 Å². The van der Waals surface area contributed by atoms with Gasteiger partial charge in [0.2, 0.25) is 11.8 Å². The quantitative estimate of drug-likeness (QED) is 0.800. The summed E-state index contributed by atoms with van der Waals surface area (Å²) < 4.78 is 1.77. The van der Waals surface area contributed by atoms with Crippen LogP contribution in [0.15, 0.2) is 24.9 Å². The van der Waals surface area contributed by atoms with Crippen LogP contribution in [0.4, 0.5) is 0 Å². The van der Waals surface area contributed by atoms with E-state index in [0.717, 1.165) is 69.5 Å². The zero-order valence-corrected chi connectivity index (χ0v) is 17.1. The summed E-state index contributed by atoms with van der Waals surface area (Å²) in [7, 11) is 1.89. The summed E-state index contributed by atoms with van der Waals surface area (Å²) >= 11 is 0. The van der Waals surface area contributed by atoms with Crippen molar-refractivity contribution in [2.45, 2.75) is 44.9 Å². The first-order valence-electron chi connectivity index (χ1n) is 10.5. The Kier molecular flexibility index (Phi) is 5.69. The van der Waals surface area contributed by atoms with E-state index < -0.39 is 0 Å². The summed E-state index contributed by atoms with van der Waals surface area (Å²) in [5, 5.41) is 4.16. The number of carbonyl (C=O) groups excluding carboxylic acids is 2. The first-order chi connectivity index (χ1) is 14.0. The number of aromatic amines is 1. The van der Waals surface area contributed by atoms with Crippen molar-refractivity contribution in [1.82, 2.24) is 29.5 Å². The molecule has 2 amide bonds. The summed E-state index contributed by atoms with van der Waals surface area (Å²) in [5.41, 5.74) is 2.33. The molecule has 2 aliphatic rings. The lowest BCUT2D eigenvalue weighted by atomic mass is 9.72. The molecular formula is C21H30N6O2. The zero-order chi connectivity index (χ0) is 20.3. The van der Waals surface area contributed by atoms with Gasteiger partial charge < -0.3 is 14.8 Å². The number of H-pyrrole nitrogens is 1. The Morgan fingerprint density at radius 3 is 2.72 bits per heavy atom.